The number of nitriles is 1. The Bertz CT molecular complexity index is 823. The van der Waals surface area contributed by atoms with E-state index >= 15 is 0 Å². The van der Waals surface area contributed by atoms with Gasteiger partial charge in [-0.2, -0.15) is 5.26 Å². The van der Waals surface area contributed by atoms with Gasteiger partial charge in [0.25, 0.3) is 11.8 Å². The molecule has 0 bridgehead atoms. The number of carbonyl (C=O) groups is 2. The number of anilines is 1. The summed E-state index contributed by atoms with van der Waals surface area (Å²) >= 11 is 0. The van der Waals surface area contributed by atoms with Crippen LogP contribution in [0.5, 0.6) is 0 Å². The quantitative estimate of drug-likeness (QED) is 0.891. The van der Waals surface area contributed by atoms with Gasteiger partial charge in [-0.1, -0.05) is 0 Å². The van der Waals surface area contributed by atoms with E-state index < -0.39 is 11.7 Å². The minimum atomic E-state index is -0.452. The number of fused-ring (bicyclic) bond motifs is 1. The minimum absolute atomic E-state index is 0.261. The summed E-state index contributed by atoms with van der Waals surface area (Å²) in [6.45, 7) is 0.261. The Hall–Kier alpha value is -3.20. The summed E-state index contributed by atoms with van der Waals surface area (Å²) in [5.41, 5.74) is 1.88. The molecule has 6 heteroatoms. The van der Waals surface area contributed by atoms with Crippen molar-refractivity contribution in [1.82, 2.24) is 5.32 Å². The third kappa shape index (κ3) is 2.29. The van der Waals surface area contributed by atoms with Gasteiger partial charge in [-0.25, -0.2) is 4.39 Å². The van der Waals surface area contributed by atoms with Crippen LogP contribution in [0.1, 0.15) is 31.8 Å². The summed E-state index contributed by atoms with van der Waals surface area (Å²) in [6, 6.07) is 10.2. The molecule has 0 unspecified atom stereocenters. The van der Waals surface area contributed by atoms with Gasteiger partial charge >= 0.3 is 0 Å². The minimum Gasteiger partial charge on any atom is -0.348 e. The largest absolute Gasteiger partial charge is 0.348 e. The summed E-state index contributed by atoms with van der Waals surface area (Å²) in [5, 5.41) is 14.3. The third-order valence-corrected chi connectivity index (χ3v) is 3.44. The van der Waals surface area contributed by atoms with Gasteiger partial charge in [0.2, 0.25) is 0 Å². The Morgan fingerprint density at radius 3 is 2.64 bits per heavy atom. The molecule has 2 amide bonds. The summed E-state index contributed by atoms with van der Waals surface area (Å²) in [6.07, 6.45) is 0. The van der Waals surface area contributed by atoms with Gasteiger partial charge in [-0.3, -0.25) is 9.59 Å². The smallest absolute Gasteiger partial charge is 0.255 e. The molecule has 0 atom stereocenters. The van der Waals surface area contributed by atoms with Crippen molar-refractivity contribution >= 4 is 17.5 Å². The lowest BCUT2D eigenvalue weighted by Gasteiger charge is -2.09. The number of rotatable bonds is 2. The van der Waals surface area contributed by atoms with Crippen LogP contribution >= 0.6 is 0 Å². The van der Waals surface area contributed by atoms with E-state index in [9.17, 15) is 14.0 Å². The average molecular weight is 295 g/mol. The third-order valence-electron chi connectivity index (χ3n) is 3.44. The highest BCUT2D eigenvalue weighted by Crippen LogP contribution is 2.27. The molecule has 2 aromatic carbocycles. The van der Waals surface area contributed by atoms with Crippen LogP contribution in [0.15, 0.2) is 36.4 Å². The highest BCUT2D eigenvalue weighted by Gasteiger charge is 2.26. The second-order valence-electron chi connectivity index (χ2n) is 4.77. The topological polar surface area (TPSA) is 82.0 Å². The van der Waals surface area contributed by atoms with Crippen LogP contribution in [-0.2, 0) is 6.54 Å². The molecule has 1 aliphatic heterocycles. The SMILES string of the molecule is N#Cc1ccc(NC(=O)c2ccc(F)cc2)c2c1CNC2=O. The maximum atomic E-state index is 12.9. The molecule has 0 aromatic heterocycles. The molecular weight excluding hydrogens is 285 g/mol. The van der Waals surface area contributed by atoms with E-state index in [0.717, 1.165) is 0 Å². The van der Waals surface area contributed by atoms with E-state index in [2.05, 4.69) is 10.6 Å². The van der Waals surface area contributed by atoms with Crippen LogP contribution in [-0.4, -0.2) is 11.8 Å². The van der Waals surface area contributed by atoms with Gasteiger partial charge < -0.3 is 10.6 Å². The highest BCUT2D eigenvalue weighted by molar-refractivity contribution is 6.10. The van der Waals surface area contributed by atoms with Crippen LogP contribution in [0.4, 0.5) is 10.1 Å². The predicted octanol–water partition coefficient (Wildman–Crippen LogP) is 2.19. The second kappa shape index (κ2) is 5.30. The van der Waals surface area contributed by atoms with Gasteiger partial charge in [-0.15, -0.1) is 0 Å². The van der Waals surface area contributed by atoms with Crippen molar-refractivity contribution in [2.75, 3.05) is 5.32 Å². The van der Waals surface area contributed by atoms with Crippen LogP contribution in [0.2, 0.25) is 0 Å². The molecule has 0 spiro atoms. The van der Waals surface area contributed by atoms with E-state index in [4.69, 9.17) is 5.26 Å². The summed E-state index contributed by atoms with van der Waals surface area (Å²) in [5.74, 6) is -1.22. The molecule has 0 radical (unpaired) electrons. The Morgan fingerprint density at radius 1 is 1.23 bits per heavy atom. The molecule has 2 aromatic rings. The number of carbonyl (C=O) groups excluding carboxylic acids is 2. The first-order chi connectivity index (χ1) is 10.6. The molecule has 22 heavy (non-hydrogen) atoms. The lowest BCUT2D eigenvalue weighted by Crippen LogP contribution is -2.17. The van der Waals surface area contributed by atoms with Crippen LogP contribution in [0.3, 0.4) is 0 Å². The van der Waals surface area contributed by atoms with E-state index in [-0.39, 0.29) is 18.0 Å². The predicted molar refractivity (Wildman–Crippen MR) is 76.7 cm³/mol. The second-order valence-corrected chi connectivity index (χ2v) is 4.77. The Balaban J connectivity index is 1.95. The molecule has 3 rings (SSSR count). The molecule has 1 aliphatic rings. The average Bonchev–Trinajstić information content (AvgIpc) is 2.91. The first-order valence-electron chi connectivity index (χ1n) is 6.51. The standard InChI is InChI=1S/C16H10FN3O2/c17-11-4-1-9(2-5-11)15(21)20-13-6-3-10(7-18)12-8-19-16(22)14(12)13/h1-6H,8H2,(H,19,22)(H,20,21). The number of nitrogens with one attached hydrogen (secondary N) is 2. The van der Waals surface area contributed by atoms with Crippen molar-refractivity contribution in [2.45, 2.75) is 6.54 Å². The molecule has 5 nitrogen and oxygen atoms in total. The Kier molecular flexibility index (Phi) is 3.31. The van der Waals surface area contributed by atoms with Gasteiger partial charge in [0, 0.05) is 17.7 Å². The van der Waals surface area contributed by atoms with Crippen molar-refractivity contribution in [3.05, 3.63) is 64.5 Å². The maximum absolute atomic E-state index is 12.9. The number of nitrogens with zero attached hydrogens (tertiary/aromatic N) is 1. The maximum Gasteiger partial charge on any atom is 0.255 e. The normalized spacial score (nSPS) is 12.3. The van der Waals surface area contributed by atoms with Gasteiger partial charge in [0.15, 0.2) is 0 Å². The lowest BCUT2D eigenvalue weighted by molar-refractivity contribution is 0.0966. The van der Waals surface area contributed by atoms with Crippen LogP contribution < -0.4 is 10.6 Å². The molecular formula is C16H10FN3O2. The van der Waals surface area contributed by atoms with E-state index in [1.807, 2.05) is 6.07 Å². The van der Waals surface area contributed by atoms with Crippen molar-refractivity contribution in [3.63, 3.8) is 0 Å². The Morgan fingerprint density at radius 2 is 1.95 bits per heavy atom. The van der Waals surface area contributed by atoms with E-state index in [1.54, 1.807) is 6.07 Å². The molecule has 0 saturated carbocycles. The summed E-state index contributed by atoms with van der Waals surface area (Å²) < 4.78 is 12.9. The van der Waals surface area contributed by atoms with Crippen molar-refractivity contribution in [3.8, 4) is 6.07 Å². The number of halogens is 1. The monoisotopic (exact) mass is 295 g/mol. The fourth-order valence-corrected chi connectivity index (χ4v) is 2.35. The Labute approximate surface area is 125 Å². The van der Waals surface area contributed by atoms with Gasteiger partial charge in [-0.05, 0) is 36.4 Å². The fraction of sp³-hybridized carbons (Fsp3) is 0.0625. The number of hydrogen-bond acceptors (Lipinski definition) is 3. The molecule has 0 fully saturated rings. The zero-order valence-corrected chi connectivity index (χ0v) is 11.3. The molecule has 108 valence electrons. The highest BCUT2D eigenvalue weighted by atomic mass is 19.1. The zero-order chi connectivity index (χ0) is 15.7. The van der Waals surface area contributed by atoms with Crippen LogP contribution in [0.25, 0.3) is 0 Å². The number of amides is 2. The van der Waals surface area contributed by atoms with Crippen molar-refractivity contribution < 1.29 is 14.0 Å². The van der Waals surface area contributed by atoms with Gasteiger partial charge in [0.1, 0.15) is 5.82 Å². The first-order valence-corrected chi connectivity index (χ1v) is 6.51. The van der Waals surface area contributed by atoms with Crippen molar-refractivity contribution in [1.29, 1.82) is 5.26 Å². The van der Waals surface area contributed by atoms with Crippen molar-refractivity contribution in [2.24, 2.45) is 0 Å². The van der Waals surface area contributed by atoms with Crippen LogP contribution in [0, 0.1) is 17.1 Å². The first kappa shape index (κ1) is 13.8. The van der Waals surface area contributed by atoms with E-state index in [1.165, 1.54) is 30.3 Å². The summed E-state index contributed by atoms with van der Waals surface area (Å²) in [7, 11) is 0. The molecule has 0 saturated heterocycles. The van der Waals surface area contributed by atoms with Gasteiger partial charge in [0.05, 0.1) is 22.9 Å². The van der Waals surface area contributed by atoms with E-state index in [0.29, 0.717) is 22.4 Å². The molecule has 2 N–H and O–H groups in total. The molecule has 0 aliphatic carbocycles. The number of benzene rings is 2. The summed E-state index contributed by atoms with van der Waals surface area (Å²) in [4.78, 5) is 24.1. The molecule has 1 heterocycles. The lowest BCUT2D eigenvalue weighted by atomic mass is 10.0. The number of hydrogen-bond donors (Lipinski definition) is 2. The zero-order valence-electron chi connectivity index (χ0n) is 11.3. The fourth-order valence-electron chi connectivity index (χ4n) is 2.35.